The standard InChI is InChI=1S/C15H21NO2/c1-18-15-5-3-2-4-13(15)10-14(17)7-6-12-8-9-16-11-12/h2-5,12,16H,6-11H2,1H3. The van der Waals surface area contributed by atoms with E-state index in [-0.39, 0.29) is 0 Å². The second-order valence-corrected chi connectivity index (χ2v) is 4.92. The molecule has 0 saturated carbocycles. The van der Waals surface area contributed by atoms with Crippen molar-refractivity contribution >= 4 is 5.78 Å². The van der Waals surface area contributed by atoms with Crippen molar-refractivity contribution in [1.29, 1.82) is 0 Å². The second kappa shape index (κ2) is 6.55. The quantitative estimate of drug-likeness (QED) is 0.837. The van der Waals surface area contributed by atoms with Crippen molar-refractivity contribution in [3.05, 3.63) is 29.8 Å². The smallest absolute Gasteiger partial charge is 0.137 e. The number of ether oxygens (including phenoxy) is 1. The maximum atomic E-state index is 12.0. The van der Waals surface area contributed by atoms with Gasteiger partial charge in [-0.15, -0.1) is 0 Å². The maximum absolute atomic E-state index is 12.0. The molecule has 1 aromatic rings. The molecule has 1 saturated heterocycles. The molecular weight excluding hydrogens is 226 g/mol. The number of carbonyl (C=O) groups is 1. The highest BCUT2D eigenvalue weighted by Crippen LogP contribution is 2.20. The predicted molar refractivity (Wildman–Crippen MR) is 71.9 cm³/mol. The zero-order chi connectivity index (χ0) is 12.8. The molecule has 0 amide bonds. The molecule has 0 radical (unpaired) electrons. The van der Waals surface area contributed by atoms with Crippen LogP contribution in [0.4, 0.5) is 0 Å². The second-order valence-electron chi connectivity index (χ2n) is 4.92. The molecule has 1 fully saturated rings. The van der Waals surface area contributed by atoms with Gasteiger partial charge in [0.2, 0.25) is 0 Å². The van der Waals surface area contributed by atoms with Crippen molar-refractivity contribution in [2.45, 2.75) is 25.7 Å². The Labute approximate surface area is 109 Å². The Hall–Kier alpha value is -1.35. The van der Waals surface area contributed by atoms with Crippen LogP contribution in [0.15, 0.2) is 24.3 Å². The van der Waals surface area contributed by atoms with Gasteiger partial charge in [0, 0.05) is 18.4 Å². The van der Waals surface area contributed by atoms with Gasteiger partial charge in [0.25, 0.3) is 0 Å². The summed E-state index contributed by atoms with van der Waals surface area (Å²) in [5, 5.41) is 3.33. The van der Waals surface area contributed by atoms with E-state index < -0.39 is 0 Å². The van der Waals surface area contributed by atoms with Crippen LogP contribution < -0.4 is 10.1 Å². The fraction of sp³-hybridized carbons (Fsp3) is 0.533. The number of ketones is 1. The molecule has 18 heavy (non-hydrogen) atoms. The molecule has 1 unspecified atom stereocenters. The number of nitrogens with one attached hydrogen (secondary N) is 1. The highest BCUT2D eigenvalue weighted by atomic mass is 16.5. The third-order valence-electron chi connectivity index (χ3n) is 3.57. The van der Waals surface area contributed by atoms with Gasteiger partial charge >= 0.3 is 0 Å². The van der Waals surface area contributed by atoms with Gasteiger partial charge in [0.1, 0.15) is 11.5 Å². The van der Waals surface area contributed by atoms with E-state index in [0.29, 0.717) is 24.5 Å². The van der Waals surface area contributed by atoms with Gasteiger partial charge in [-0.3, -0.25) is 4.79 Å². The molecule has 3 nitrogen and oxygen atoms in total. The third-order valence-corrected chi connectivity index (χ3v) is 3.57. The van der Waals surface area contributed by atoms with Crippen LogP contribution in [0.3, 0.4) is 0 Å². The summed E-state index contributed by atoms with van der Waals surface area (Å²) in [7, 11) is 1.65. The van der Waals surface area contributed by atoms with Crippen LogP contribution in [0.25, 0.3) is 0 Å². The first-order valence-corrected chi connectivity index (χ1v) is 6.64. The number of Topliss-reactive ketones (excluding diaryl/α,β-unsaturated/α-hetero) is 1. The SMILES string of the molecule is COc1ccccc1CC(=O)CCC1CCNC1. The molecule has 1 aliphatic heterocycles. The predicted octanol–water partition coefficient (Wildman–Crippen LogP) is 2.20. The van der Waals surface area contributed by atoms with Gasteiger partial charge in [-0.2, -0.15) is 0 Å². The summed E-state index contributed by atoms with van der Waals surface area (Å²) in [5.41, 5.74) is 0.995. The number of carbonyl (C=O) groups excluding carboxylic acids is 1. The summed E-state index contributed by atoms with van der Waals surface area (Å²) in [5.74, 6) is 1.81. The lowest BCUT2D eigenvalue weighted by Gasteiger charge is -2.09. The molecule has 3 heteroatoms. The van der Waals surface area contributed by atoms with E-state index in [1.807, 2.05) is 24.3 Å². The van der Waals surface area contributed by atoms with E-state index in [1.54, 1.807) is 7.11 Å². The summed E-state index contributed by atoms with van der Waals surface area (Å²) in [6, 6.07) is 7.75. The molecule has 0 aromatic heterocycles. The largest absolute Gasteiger partial charge is 0.496 e. The normalized spacial score (nSPS) is 18.8. The minimum absolute atomic E-state index is 0.311. The van der Waals surface area contributed by atoms with Crippen molar-refractivity contribution in [3.8, 4) is 5.75 Å². The number of hydrogen-bond donors (Lipinski definition) is 1. The summed E-state index contributed by atoms with van der Waals surface area (Å²) >= 11 is 0. The number of para-hydroxylation sites is 1. The highest BCUT2D eigenvalue weighted by Gasteiger charge is 2.16. The maximum Gasteiger partial charge on any atom is 0.137 e. The van der Waals surface area contributed by atoms with Crippen LogP contribution in [0.5, 0.6) is 5.75 Å². The first-order valence-electron chi connectivity index (χ1n) is 6.64. The molecule has 1 N–H and O–H groups in total. The summed E-state index contributed by atoms with van der Waals surface area (Å²) < 4.78 is 5.26. The number of methoxy groups -OCH3 is 1. The number of hydrogen-bond acceptors (Lipinski definition) is 3. The van der Waals surface area contributed by atoms with Gasteiger partial charge in [-0.05, 0) is 37.9 Å². The molecule has 0 aliphatic carbocycles. The lowest BCUT2D eigenvalue weighted by molar-refractivity contribution is -0.118. The van der Waals surface area contributed by atoms with Crippen molar-refractivity contribution in [1.82, 2.24) is 5.32 Å². The van der Waals surface area contributed by atoms with Crippen LogP contribution in [-0.2, 0) is 11.2 Å². The zero-order valence-corrected chi connectivity index (χ0v) is 10.9. The third kappa shape index (κ3) is 3.57. The van der Waals surface area contributed by atoms with Crippen LogP contribution >= 0.6 is 0 Å². The van der Waals surface area contributed by atoms with Crippen LogP contribution in [0.1, 0.15) is 24.8 Å². The lowest BCUT2D eigenvalue weighted by Crippen LogP contribution is -2.11. The average molecular weight is 247 g/mol. The number of benzene rings is 1. The Morgan fingerprint density at radius 2 is 2.28 bits per heavy atom. The Kier molecular flexibility index (Phi) is 4.76. The van der Waals surface area contributed by atoms with E-state index in [0.717, 1.165) is 30.8 Å². The topological polar surface area (TPSA) is 38.3 Å². The van der Waals surface area contributed by atoms with Gasteiger partial charge in [0.15, 0.2) is 0 Å². The monoisotopic (exact) mass is 247 g/mol. The zero-order valence-electron chi connectivity index (χ0n) is 10.9. The van der Waals surface area contributed by atoms with Crippen LogP contribution in [0, 0.1) is 5.92 Å². The Morgan fingerprint density at radius 1 is 1.44 bits per heavy atom. The molecule has 0 bridgehead atoms. The first-order chi connectivity index (χ1) is 8.79. The van der Waals surface area contributed by atoms with Crippen LogP contribution in [-0.4, -0.2) is 26.0 Å². The molecule has 0 spiro atoms. The van der Waals surface area contributed by atoms with Gasteiger partial charge in [-0.1, -0.05) is 18.2 Å². The van der Waals surface area contributed by atoms with Crippen molar-refractivity contribution in [2.75, 3.05) is 20.2 Å². The molecule has 1 atom stereocenters. The number of rotatable bonds is 6. The van der Waals surface area contributed by atoms with Gasteiger partial charge < -0.3 is 10.1 Å². The Balaban J connectivity index is 1.82. The molecule has 1 aliphatic rings. The molecule has 1 heterocycles. The van der Waals surface area contributed by atoms with E-state index in [2.05, 4.69) is 5.32 Å². The van der Waals surface area contributed by atoms with Crippen molar-refractivity contribution in [3.63, 3.8) is 0 Å². The van der Waals surface area contributed by atoms with E-state index in [1.165, 1.54) is 6.42 Å². The van der Waals surface area contributed by atoms with Crippen molar-refractivity contribution < 1.29 is 9.53 Å². The molecule has 98 valence electrons. The molecular formula is C15H21NO2. The minimum Gasteiger partial charge on any atom is -0.496 e. The Bertz CT molecular complexity index is 397. The molecule has 2 rings (SSSR count). The fourth-order valence-corrected chi connectivity index (χ4v) is 2.48. The van der Waals surface area contributed by atoms with Gasteiger partial charge in [-0.25, -0.2) is 0 Å². The summed E-state index contributed by atoms with van der Waals surface area (Å²) in [6.45, 7) is 2.17. The fourth-order valence-electron chi connectivity index (χ4n) is 2.48. The highest BCUT2D eigenvalue weighted by molar-refractivity contribution is 5.81. The first kappa shape index (κ1) is 13.1. The van der Waals surface area contributed by atoms with E-state index >= 15 is 0 Å². The van der Waals surface area contributed by atoms with Crippen molar-refractivity contribution in [2.24, 2.45) is 5.92 Å². The van der Waals surface area contributed by atoms with E-state index in [9.17, 15) is 4.79 Å². The van der Waals surface area contributed by atoms with Crippen LogP contribution in [0.2, 0.25) is 0 Å². The van der Waals surface area contributed by atoms with Gasteiger partial charge in [0.05, 0.1) is 7.11 Å². The van der Waals surface area contributed by atoms with E-state index in [4.69, 9.17) is 4.74 Å². The lowest BCUT2D eigenvalue weighted by atomic mass is 9.98. The molecule has 1 aromatic carbocycles. The summed E-state index contributed by atoms with van der Waals surface area (Å²) in [6.07, 6.45) is 3.40. The average Bonchev–Trinajstić information content (AvgIpc) is 2.90. The summed E-state index contributed by atoms with van der Waals surface area (Å²) in [4.78, 5) is 12.0. The Morgan fingerprint density at radius 3 is 3.00 bits per heavy atom. The minimum atomic E-state index is 0.311.